The van der Waals surface area contributed by atoms with Crippen molar-refractivity contribution in [3.8, 4) is 0 Å². The maximum atomic E-state index is 12.8. The fraction of sp³-hybridized carbons (Fsp3) is 0.190. The molecule has 4 rings (SSSR count). The van der Waals surface area contributed by atoms with E-state index in [4.69, 9.17) is 23.2 Å². The molecule has 3 aromatic rings. The summed E-state index contributed by atoms with van der Waals surface area (Å²) in [5.74, 6) is -1.03. The van der Waals surface area contributed by atoms with E-state index in [1.165, 1.54) is 0 Å². The number of amides is 4. The van der Waals surface area contributed by atoms with Gasteiger partial charge in [0.25, 0.3) is 5.91 Å². The number of aromatic amines is 1. The van der Waals surface area contributed by atoms with Gasteiger partial charge in [-0.15, -0.1) is 0 Å². The number of imide groups is 1. The van der Waals surface area contributed by atoms with Gasteiger partial charge in [0.15, 0.2) is 0 Å². The summed E-state index contributed by atoms with van der Waals surface area (Å²) in [4.78, 5) is 41.6. The van der Waals surface area contributed by atoms with Crippen LogP contribution in [0.2, 0.25) is 10.0 Å². The monoisotopic (exact) mass is 444 g/mol. The maximum Gasteiger partial charge on any atom is 0.325 e. The number of nitrogens with zero attached hydrogens (tertiary/aromatic N) is 1. The molecule has 0 spiro atoms. The highest BCUT2D eigenvalue weighted by molar-refractivity contribution is 6.40. The van der Waals surface area contributed by atoms with E-state index >= 15 is 0 Å². The average Bonchev–Trinajstić information content (AvgIpc) is 3.25. The van der Waals surface area contributed by atoms with E-state index in [0.717, 1.165) is 26.9 Å². The zero-order valence-electron chi connectivity index (χ0n) is 16.0. The number of nitrogens with one attached hydrogen (secondary N) is 3. The standard InChI is InChI=1S/C21H18Cl2N4O3/c1-11-6-7-14(22)19(18(11)23)26-17(28)10-27-20(29)16(25-21(27)30)8-12-9-24-15-5-3-2-4-13(12)15/h2-7,9,16,24H,8,10H2,1H3,(H,25,30)(H,26,28)/t16-/m1/s1. The minimum atomic E-state index is -0.740. The number of rotatable bonds is 5. The lowest BCUT2D eigenvalue weighted by Crippen LogP contribution is -2.38. The summed E-state index contributed by atoms with van der Waals surface area (Å²) < 4.78 is 0. The second-order valence-corrected chi connectivity index (χ2v) is 7.88. The number of urea groups is 1. The predicted molar refractivity (Wildman–Crippen MR) is 116 cm³/mol. The molecule has 0 saturated carbocycles. The van der Waals surface area contributed by atoms with E-state index in [0.29, 0.717) is 11.4 Å². The quantitative estimate of drug-likeness (QED) is 0.521. The zero-order valence-corrected chi connectivity index (χ0v) is 17.5. The van der Waals surface area contributed by atoms with E-state index in [1.54, 1.807) is 19.1 Å². The third-order valence-electron chi connectivity index (χ3n) is 5.06. The molecule has 1 saturated heterocycles. The van der Waals surface area contributed by atoms with Crippen LogP contribution in [-0.4, -0.2) is 40.3 Å². The first-order valence-electron chi connectivity index (χ1n) is 9.26. The number of hydrogen-bond acceptors (Lipinski definition) is 3. The van der Waals surface area contributed by atoms with Gasteiger partial charge in [0.05, 0.1) is 15.7 Å². The van der Waals surface area contributed by atoms with Crippen molar-refractivity contribution in [1.29, 1.82) is 0 Å². The van der Waals surface area contributed by atoms with Crippen LogP contribution in [0.1, 0.15) is 11.1 Å². The van der Waals surface area contributed by atoms with Crippen LogP contribution < -0.4 is 10.6 Å². The second-order valence-electron chi connectivity index (χ2n) is 7.09. The SMILES string of the molecule is Cc1ccc(Cl)c(NC(=O)CN2C(=O)N[C@H](Cc3c[nH]c4ccccc34)C2=O)c1Cl. The van der Waals surface area contributed by atoms with Crippen molar-refractivity contribution in [2.75, 3.05) is 11.9 Å². The van der Waals surface area contributed by atoms with Gasteiger partial charge < -0.3 is 15.6 Å². The lowest BCUT2D eigenvalue weighted by Gasteiger charge is -2.15. The summed E-state index contributed by atoms with van der Waals surface area (Å²) in [6, 6.07) is 9.70. The molecule has 1 fully saturated rings. The number of para-hydroxylation sites is 1. The smallest absolute Gasteiger partial charge is 0.325 e. The van der Waals surface area contributed by atoms with Gasteiger partial charge in [-0.2, -0.15) is 0 Å². The molecule has 9 heteroatoms. The summed E-state index contributed by atoms with van der Waals surface area (Å²) in [5, 5.41) is 6.81. The molecular weight excluding hydrogens is 427 g/mol. The van der Waals surface area contributed by atoms with Crippen LogP contribution in [0.4, 0.5) is 10.5 Å². The minimum absolute atomic E-state index is 0.255. The largest absolute Gasteiger partial charge is 0.361 e. The van der Waals surface area contributed by atoms with Crippen molar-refractivity contribution in [3.05, 3.63) is 63.8 Å². The third-order valence-corrected chi connectivity index (χ3v) is 5.86. The van der Waals surface area contributed by atoms with E-state index in [9.17, 15) is 14.4 Å². The van der Waals surface area contributed by atoms with Crippen LogP contribution in [-0.2, 0) is 16.0 Å². The third kappa shape index (κ3) is 3.74. The summed E-state index contributed by atoms with van der Waals surface area (Å²) >= 11 is 12.3. The number of fused-ring (bicyclic) bond motifs is 1. The van der Waals surface area contributed by atoms with Crippen LogP contribution in [0, 0.1) is 6.92 Å². The Bertz CT molecular complexity index is 1170. The van der Waals surface area contributed by atoms with Crippen molar-refractivity contribution in [2.24, 2.45) is 0 Å². The van der Waals surface area contributed by atoms with E-state index in [1.807, 2.05) is 30.5 Å². The number of hydrogen-bond donors (Lipinski definition) is 3. The number of benzene rings is 2. The first-order valence-corrected chi connectivity index (χ1v) is 10.0. The van der Waals surface area contributed by atoms with E-state index in [2.05, 4.69) is 15.6 Å². The normalized spacial score (nSPS) is 16.2. The Morgan fingerprint density at radius 2 is 1.93 bits per heavy atom. The predicted octanol–water partition coefficient (Wildman–Crippen LogP) is 3.88. The number of carbonyl (C=O) groups is 3. The lowest BCUT2D eigenvalue weighted by molar-refractivity contribution is -0.130. The van der Waals surface area contributed by atoms with Crippen molar-refractivity contribution < 1.29 is 14.4 Å². The molecule has 7 nitrogen and oxygen atoms in total. The molecule has 2 aromatic carbocycles. The van der Waals surface area contributed by atoms with Crippen LogP contribution in [0.3, 0.4) is 0 Å². The fourth-order valence-electron chi connectivity index (χ4n) is 3.48. The van der Waals surface area contributed by atoms with Crippen LogP contribution in [0.25, 0.3) is 10.9 Å². The van der Waals surface area contributed by atoms with Gasteiger partial charge in [0.1, 0.15) is 12.6 Å². The second kappa shape index (κ2) is 8.01. The van der Waals surface area contributed by atoms with Crippen LogP contribution in [0.5, 0.6) is 0 Å². The van der Waals surface area contributed by atoms with Gasteiger partial charge in [-0.1, -0.05) is 47.5 Å². The summed E-state index contributed by atoms with van der Waals surface area (Å²) in [7, 11) is 0. The Balaban J connectivity index is 1.45. The summed E-state index contributed by atoms with van der Waals surface area (Å²) in [6.45, 7) is 1.34. The first kappa shape index (κ1) is 20.3. The molecule has 0 bridgehead atoms. The summed E-state index contributed by atoms with van der Waals surface area (Å²) in [5.41, 5.74) is 2.86. The Labute approximate surface area is 182 Å². The first-order chi connectivity index (χ1) is 14.3. The Morgan fingerprint density at radius 3 is 2.73 bits per heavy atom. The van der Waals surface area contributed by atoms with Crippen LogP contribution in [0.15, 0.2) is 42.6 Å². The molecule has 1 atom stereocenters. The highest BCUT2D eigenvalue weighted by Gasteiger charge is 2.39. The number of halogens is 2. The zero-order chi connectivity index (χ0) is 21.4. The molecule has 1 aliphatic rings. The maximum absolute atomic E-state index is 12.8. The number of aryl methyl sites for hydroxylation is 1. The molecule has 1 aliphatic heterocycles. The average molecular weight is 445 g/mol. The minimum Gasteiger partial charge on any atom is -0.361 e. The molecule has 154 valence electrons. The topological polar surface area (TPSA) is 94.3 Å². The number of aromatic nitrogens is 1. The van der Waals surface area contributed by atoms with Gasteiger partial charge in [-0.05, 0) is 30.2 Å². The van der Waals surface area contributed by atoms with Gasteiger partial charge in [0.2, 0.25) is 5.91 Å². The number of anilines is 1. The van der Waals surface area contributed by atoms with Crippen molar-refractivity contribution in [2.45, 2.75) is 19.4 Å². The Hall–Kier alpha value is -3.03. The molecule has 3 N–H and O–H groups in total. The Kier molecular flexibility index (Phi) is 5.40. The number of H-pyrrole nitrogens is 1. The van der Waals surface area contributed by atoms with E-state index in [-0.39, 0.29) is 10.7 Å². The number of carbonyl (C=O) groups excluding carboxylic acids is 3. The molecule has 4 amide bonds. The summed E-state index contributed by atoms with van der Waals surface area (Å²) in [6.07, 6.45) is 2.14. The highest BCUT2D eigenvalue weighted by atomic mass is 35.5. The van der Waals surface area contributed by atoms with Gasteiger partial charge >= 0.3 is 6.03 Å². The highest BCUT2D eigenvalue weighted by Crippen LogP contribution is 2.33. The molecule has 1 aromatic heterocycles. The molecular formula is C21H18Cl2N4O3. The van der Waals surface area contributed by atoms with E-state index < -0.39 is 30.4 Å². The Morgan fingerprint density at radius 1 is 1.17 bits per heavy atom. The van der Waals surface area contributed by atoms with Gasteiger partial charge in [0, 0.05) is 23.5 Å². The van der Waals surface area contributed by atoms with Crippen molar-refractivity contribution in [1.82, 2.24) is 15.2 Å². The fourth-order valence-corrected chi connectivity index (χ4v) is 3.94. The molecule has 0 aliphatic carbocycles. The molecule has 2 heterocycles. The van der Waals surface area contributed by atoms with Gasteiger partial charge in [-0.3, -0.25) is 14.5 Å². The molecule has 0 unspecified atom stereocenters. The van der Waals surface area contributed by atoms with Gasteiger partial charge in [-0.25, -0.2) is 4.79 Å². The van der Waals surface area contributed by atoms with Crippen molar-refractivity contribution in [3.63, 3.8) is 0 Å². The molecule has 0 radical (unpaired) electrons. The van der Waals surface area contributed by atoms with Crippen LogP contribution >= 0.6 is 23.2 Å². The van der Waals surface area contributed by atoms with Crippen molar-refractivity contribution >= 4 is 57.6 Å². The molecule has 30 heavy (non-hydrogen) atoms. The lowest BCUT2D eigenvalue weighted by atomic mass is 10.1.